The van der Waals surface area contributed by atoms with Crippen LogP contribution in [0.3, 0.4) is 0 Å². The van der Waals surface area contributed by atoms with Gasteiger partial charge in [0.25, 0.3) is 0 Å². The Balaban J connectivity index is 2.38. The normalized spacial score (nSPS) is 11.2. The summed E-state index contributed by atoms with van der Waals surface area (Å²) in [6.07, 6.45) is 0. The van der Waals surface area contributed by atoms with Crippen molar-refractivity contribution in [2.24, 2.45) is 0 Å². The zero-order chi connectivity index (χ0) is 12.9. The Morgan fingerprint density at radius 3 is 2.78 bits per heavy atom. The monoisotopic (exact) mass is 241 g/mol. The Morgan fingerprint density at radius 2 is 2.06 bits per heavy atom. The maximum Gasteiger partial charge on any atom is 0.321 e. The molecule has 0 radical (unpaired) electrons. The Kier molecular flexibility index (Phi) is 2.10. The van der Waals surface area contributed by atoms with Gasteiger partial charge in [0.15, 0.2) is 0 Å². The molecular weight excluding hydrogens is 230 g/mol. The lowest BCUT2D eigenvalue weighted by Gasteiger charge is -1.99. The molecule has 18 heavy (non-hydrogen) atoms. The minimum absolute atomic E-state index is 0.00394. The Morgan fingerprint density at radius 1 is 1.28 bits per heavy atom. The van der Waals surface area contributed by atoms with Crippen LogP contribution in [0.15, 0.2) is 24.3 Å². The quantitative estimate of drug-likeness (QED) is 0.525. The molecule has 0 aliphatic heterocycles. The number of nitrogens with one attached hydrogen (secondary N) is 1. The predicted molar refractivity (Wildman–Crippen MR) is 69.7 cm³/mol. The second-order valence-corrected chi connectivity index (χ2v) is 4.38. The summed E-state index contributed by atoms with van der Waals surface area (Å²) in [7, 11) is 0. The first-order valence-corrected chi connectivity index (χ1v) is 5.60. The number of benzene rings is 1. The topological polar surface area (TPSA) is 71.8 Å². The number of hydrogen-bond donors (Lipinski definition) is 1. The van der Waals surface area contributed by atoms with Crippen molar-refractivity contribution in [3.8, 4) is 0 Å². The fraction of sp³-hybridized carbons (Fsp3) is 0.154. The molecule has 1 aromatic carbocycles. The van der Waals surface area contributed by atoms with Gasteiger partial charge >= 0.3 is 5.82 Å². The number of pyridine rings is 1. The molecular formula is C13H11N3O2. The van der Waals surface area contributed by atoms with Gasteiger partial charge < -0.3 is 10.1 Å². The third-order valence-electron chi connectivity index (χ3n) is 3.28. The molecule has 2 aromatic heterocycles. The third kappa shape index (κ3) is 1.44. The predicted octanol–water partition coefficient (Wildman–Crippen LogP) is 3.24. The van der Waals surface area contributed by atoms with E-state index in [-0.39, 0.29) is 5.82 Å². The molecule has 0 aliphatic carbocycles. The zero-order valence-corrected chi connectivity index (χ0v) is 10.0. The van der Waals surface area contributed by atoms with Crippen molar-refractivity contribution in [3.63, 3.8) is 0 Å². The average Bonchev–Trinajstić information content (AvgIpc) is 2.61. The van der Waals surface area contributed by atoms with Crippen LogP contribution in [0.4, 0.5) is 5.82 Å². The van der Waals surface area contributed by atoms with Crippen molar-refractivity contribution < 1.29 is 4.92 Å². The second kappa shape index (κ2) is 3.53. The molecule has 1 N–H and O–H groups in total. The summed E-state index contributed by atoms with van der Waals surface area (Å²) in [5, 5.41) is 12.7. The van der Waals surface area contributed by atoms with Gasteiger partial charge in [-0.15, -0.1) is 0 Å². The first-order chi connectivity index (χ1) is 8.56. The van der Waals surface area contributed by atoms with Gasteiger partial charge in [0.05, 0.1) is 5.52 Å². The lowest BCUT2D eigenvalue weighted by atomic mass is 10.1. The van der Waals surface area contributed by atoms with Gasteiger partial charge in [-0.3, -0.25) is 4.98 Å². The summed E-state index contributed by atoms with van der Waals surface area (Å²) in [6, 6.07) is 7.08. The van der Waals surface area contributed by atoms with Gasteiger partial charge in [0, 0.05) is 22.5 Å². The van der Waals surface area contributed by atoms with E-state index in [1.807, 2.05) is 26.0 Å². The molecule has 3 rings (SSSR count). The van der Waals surface area contributed by atoms with Crippen LogP contribution in [0.5, 0.6) is 0 Å². The molecule has 0 saturated heterocycles. The van der Waals surface area contributed by atoms with Crippen molar-refractivity contribution in [1.29, 1.82) is 0 Å². The number of nitrogens with zero attached hydrogens (tertiary/aromatic N) is 2. The highest BCUT2D eigenvalue weighted by atomic mass is 16.6. The van der Waals surface area contributed by atoms with Crippen molar-refractivity contribution >= 4 is 27.6 Å². The molecule has 5 nitrogen and oxygen atoms in total. The number of aromatic amines is 1. The van der Waals surface area contributed by atoms with E-state index in [1.165, 1.54) is 6.07 Å². The lowest BCUT2D eigenvalue weighted by Crippen LogP contribution is -1.91. The SMILES string of the molecule is Cc1nc2cc3ccc([N+](=O)[O-])[nH]c3cc2c1C. The van der Waals surface area contributed by atoms with Crippen molar-refractivity contribution in [3.05, 3.63) is 45.6 Å². The summed E-state index contributed by atoms with van der Waals surface area (Å²) < 4.78 is 0. The van der Waals surface area contributed by atoms with Crippen molar-refractivity contribution in [1.82, 2.24) is 9.97 Å². The van der Waals surface area contributed by atoms with Crippen LogP contribution in [-0.4, -0.2) is 14.9 Å². The Labute approximate surface area is 103 Å². The van der Waals surface area contributed by atoms with Gasteiger partial charge in [-0.05, 0) is 42.5 Å². The molecule has 90 valence electrons. The molecule has 0 fully saturated rings. The Hall–Kier alpha value is -2.43. The summed E-state index contributed by atoms with van der Waals surface area (Å²) in [6.45, 7) is 3.97. The van der Waals surface area contributed by atoms with Gasteiger partial charge in [0.1, 0.15) is 5.52 Å². The first kappa shape index (κ1) is 10.7. The largest absolute Gasteiger partial charge is 0.358 e. The van der Waals surface area contributed by atoms with Crippen LogP contribution in [-0.2, 0) is 0 Å². The summed E-state index contributed by atoms with van der Waals surface area (Å²) in [4.78, 5) is 17.6. The van der Waals surface area contributed by atoms with E-state index < -0.39 is 4.92 Å². The fourth-order valence-corrected chi connectivity index (χ4v) is 2.16. The van der Waals surface area contributed by atoms with Gasteiger partial charge in [-0.25, -0.2) is 4.98 Å². The van der Waals surface area contributed by atoms with E-state index in [4.69, 9.17) is 0 Å². The molecule has 0 atom stereocenters. The average molecular weight is 241 g/mol. The van der Waals surface area contributed by atoms with Crippen LogP contribution in [0.1, 0.15) is 11.3 Å². The summed E-state index contributed by atoms with van der Waals surface area (Å²) >= 11 is 0. The Bertz CT molecular complexity index is 790. The first-order valence-electron chi connectivity index (χ1n) is 5.60. The maximum atomic E-state index is 10.7. The smallest absolute Gasteiger partial charge is 0.321 e. The molecule has 0 spiro atoms. The van der Waals surface area contributed by atoms with Crippen molar-refractivity contribution in [2.45, 2.75) is 13.8 Å². The third-order valence-corrected chi connectivity index (χ3v) is 3.28. The number of H-pyrrole nitrogens is 1. The molecule has 0 amide bonds. The van der Waals surface area contributed by atoms with Crippen LogP contribution < -0.4 is 0 Å². The molecule has 0 saturated carbocycles. The summed E-state index contributed by atoms with van der Waals surface area (Å²) in [5.74, 6) is -0.00394. The highest BCUT2D eigenvalue weighted by Gasteiger charge is 2.10. The minimum Gasteiger partial charge on any atom is -0.358 e. The van der Waals surface area contributed by atoms with Crippen LogP contribution in [0, 0.1) is 24.0 Å². The number of aryl methyl sites for hydroxylation is 2. The number of fused-ring (bicyclic) bond motifs is 2. The summed E-state index contributed by atoms with van der Waals surface area (Å²) in [5.41, 5.74) is 3.80. The van der Waals surface area contributed by atoms with Crippen molar-refractivity contribution in [2.75, 3.05) is 0 Å². The number of nitro groups is 1. The van der Waals surface area contributed by atoms with Gasteiger partial charge in [-0.1, -0.05) is 0 Å². The standard InChI is InChI=1S/C13H11N3O2/c1-7-8(2)14-12-5-9-3-4-13(16(17)18)15-11(9)6-10(7)12/h3-6,15H,1-2H3. The zero-order valence-electron chi connectivity index (χ0n) is 10.0. The second-order valence-electron chi connectivity index (χ2n) is 4.38. The van der Waals surface area contributed by atoms with E-state index in [0.717, 1.165) is 33.1 Å². The molecule has 2 heterocycles. The van der Waals surface area contributed by atoms with E-state index in [1.54, 1.807) is 6.07 Å². The highest BCUT2D eigenvalue weighted by Crippen LogP contribution is 2.27. The van der Waals surface area contributed by atoms with E-state index in [0.29, 0.717) is 0 Å². The highest BCUT2D eigenvalue weighted by molar-refractivity contribution is 5.97. The number of rotatable bonds is 1. The lowest BCUT2D eigenvalue weighted by molar-refractivity contribution is -0.389. The molecule has 0 unspecified atom stereocenters. The molecule has 0 aliphatic rings. The van der Waals surface area contributed by atoms with Crippen LogP contribution >= 0.6 is 0 Å². The van der Waals surface area contributed by atoms with E-state index in [2.05, 4.69) is 9.97 Å². The fourth-order valence-electron chi connectivity index (χ4n) is 2.16. The van der Waals surface area contributed by atoms with Crippen LogP contribution in [0.25, 0.3) is 21.8 Å². The van der Waals surface area contributed by atoms with E-state index in [9.17, 15) is 10.1 Å². The number of hydrogen-bond acceptors (Lipinski definition) is 3. The minimum atomic E-state index is -0.426. The molecule has 5 heteroatoms. The molecule has 0 bridgehead atoms. The molecule has 3 aromatic rings. The van der Waals surface area contributed by atoms with Gasteiger partial charge in [-0.2, -0.15) is 0 Å². The van der Waals surface area contributed by atoms with Crippen LogP contribution in [0.2, 0.25) is 0 Å². The number of aromatic nitrogens is 2. The van der Waals surface area contributed by atoms with Gasteiger partial charge in [0.2, 0.25) is 0 Å². The van der Waals surface area contributed by atoms with E-state index >= 15 is 0 Å². The maximum absolute atomic E-state index is 10.7.